The lowest BCUT2D eigenvalue weighted by Crippen LogP contribution is -2.35. The normalized spacial score (nSPS) is 10.1. The van der Waals surface area contributed by atoms with Crippen LogP contribution in [0.4, 0.5) is 5.82 Å². The summed E-state index contributed by atoms with van der Waals surface area (Å²) >= 11 is 0. The van der Waals surface area contributed by atoms with E-state index >= 15 is 0 Å². The number of aliphatic hydroxyl groups excluding tert-OH is 1. The fourth-order valence-corrected chi connectivity index (χ4v) is 1.24. The Bertz CT molecular complexity index is 341. The molecule has 0 aliphatic carbocycles. The maximum Gasteiger partial charge on any atom is 0.241 e. The second kappa shape index (κ2) is 5.43. The Labute approximate surface area is 88.7 Å². The molecule has 82 valence electrons. The number of amides is 1. The maximum atomic E-state index is 11.6. The molecule has 0 aromatic carbocycles. The molecule has 0 spiro atoms. The minimum Gasteiger partial charge on any atom is -0.392 e. The van der Waals surface area contributed by atoms with E-state index in [0.717, 1.165) is 0 Å². The third kappa shape index (κ3) is 2.74. The number of rotatable bonds is 4. The number of nitrogens with zero attached hydrogens (tertiary/aromatic N) is 2. The summed E-state index contributed by atoms with van der Waals surface area (Å²) in [6.07, 6.45) is 1.59. The molecule has 0 saturated heterocycles. The molecule has 5 heteroatoms. The number of hydrogen-bond acceptors (Lipinski definition) is 4. The van der Waals surface area contributed by atoms with E-state index < -0.39 is 0 Å². The summed E-state index contributed by atoms with van der Waals surface area (Å²) in [6, 6.07) is 3.47. The molecule has 1 rings (SSSR count). The Morgan fingerprint density at radius 1 is 1.67 bits per heavy atom. The van der Waals surface area contributed by atoms with Crippen LogP contribution >= 0.6 is 0 Å². The first-order chi connectivity index (χ1) is 7.20. The van der Waals surface area contributed by atoms with Gasteiger partial charge in [-0.05, 0) is 13.1 Å². The standard InChI is InChI=1S/C10H15N3O2/c1-11-6-9(15)13(2)10-8(7-14)4-3-5-12-10/h3-5,11,14H,6-7H2,1-2H3. The molecule has 0 radical (unpaired) electrons. The van der Waals surface area contributed by atoms with Gasteiger partial charge in [-0.3, -0.25) is 9.69 Å². The van der Waals surface area contributed by atoms with Crippen LogP contribution in [-0.2, 0) is 11.4 Å². The summed E-state index contributed by atoms with van der Waals surface area (Å²) in [6.45, 7) is 0.123. The summed E-state index contributed by atoms with van der Waals surface area (Å²) in [5.41, 5.74) is 0.643. The fraction of sp³-hybridized carbons (Fsp3) is 0.400. The van der Waals surface area contributed by atoms with Gasteiger partial charge < -0.3 is 10.4 Å². The number of pyridine rings is 1. The van der Waals surface area contributed by atoms with Gasteiger partial charge in [0.1, 0.15) is 5.82 Å². The molecule has 0 atom stereocenters. The van der Waals surface area contributed by atoms with Gasteiger partial charge in [-0.25, -0.2) is 4.98 Å². The number of nitrogens with one attached hydrogen (secondary N) is 1. The summed E-state index contributed by atoms with van der Waals surface area (Å²) < 4.78 is 0. The third-order valence-electron chi connectivity index (χ3n) is 2.06. The highest BCUT2D eigenvalue weighted by Crippen LogP contribution is 2.15. The molecule has 0 aliphatic rings. The fourth-order valence-electron chi connectivity index (χ4n) is 1.24. The highest BCUT2D eigenvalue weighted by Gasteiger charge is 2.13. The van der Waals surface area contributed by atoms with Crippen LogP contribution in [0, 0.1) is 0 Å². The zero-order valence-corrected chi connectivity index (χ0v) is 8.90. The van der Waals surface area contributed by atoms with Crippen molar-refractivity contribution in [3.05, 3.63) is 23.9 Å². The quantitative estimate of drug-likeness (QED) is 0.718. The molecular formula is C10H15N3O2. The third-order valence-corrected chi connectivity index (χ3v) is 2.06. The van der Waals surface area contributed by atoms with Crippen molar-refractivity contribution in [1.82, 2.24) is 10.3 Å². The lowest BCUT2D eigenvalue weighted by atomic mass is 10.2. The summed E-state index contributed by atoms with van der Waals surface area (Å²) in [5, 5.41) is 11.9. The van der Waals surface area contributed by atoms with Gasteiger partial charge in [-0.2, -0.15) is 0 Å². The Morgan fingerprint density at radius 2 is 2.40 bits per heavy atom. The monoisotopic (exact) mass is 209 g/mol. The number of likely N-dealkylation sites (N-methyl/N-ethyl adjacent to an activating group) is 2. The predicted octanol–water partition coefficient (Wildman–Crippen LogP) is -0.244. The van der Waals surface area contributed by atoms with Crippen LogP contribution in [0.25, 0.3) is 0 Å². The number of aromatic nitrogens is 1. The molecule has 0 fully saturated rings. The van der Waals surface area contributed by atoms with E-state index in [-0.39, 0.29) is 19.1 Å². The average Bonchev–Trinajstić information content (AvgIpc) is 2.28. The van der Waals surface area contributed by atoms with E-state index in [4.69, 9.17) is 5.11 Å². The van der Waals surface area contributed by atoms with Crippen LogP contribution in [0.1, 0.15) is 5.56 Å². The molecule has 1 aromatic rings. The lowest BCUT2D eigenvalue weighted by molar-refractivity contribution is -0.117. The lowest BCUT2D eigenvalue weighted by Gasteiger charge is -2.18. The van der Waals surface area contributed by atoms with Gasteiger partial charge in [-0.1, -0.05) is 6.07 Å². The van der Waals surface area contributed by atoms with Crippen LogP contribution < -0.4 is 10.2 Å². The van der Waals surface area contributed by atoms with Crippen molar-refractivity contribution in [2.24, 2.45) is 0 Å². The first-order valence-electron chi connectivity index (χ1n) is 4.66. The number of anilines is 1. The Balaban J connectivity index is 2.89. The summed E-state index contributed by atoms with van der Waals surface area (Å²) in [7, 11) is 3.35. The SMILES string of the molecule is CNCC(=O)N(C)c1ncccc1CO. The summed E-state index contributed by atoms with van der Waals surface area (Å²) in [4.78, 5) is 17.1. The molecule has 0 bridgehead atoms. The highest BCUT2D eigenvalue weighted by atomic mass is 16.3. The van der Waals surface area contributed by atoms with Gasteiger partial charge in [0.2, 0.25) is 5.91 Å². The number of hydrogen-bond donors (Lipinski definition) is 2. The molecule has 0 unspecified atom stereocenters. The second-order valence-electron chi connectivity index (χ2n) is 3.13. The van der Waals surface area contributed by atoms with Crippen molar-refractivity contribution in [2.45, 2.75) is 6.61 Å². The van der Waals surface area contributed by atoms with Gasteiger partial charge in [0.05, 0.1) is 13.2 Å². The van der Waals surface area contributed by atoms with Crippen LogP contribution in [-0.4, -0.2) is 36.6 Å². The molecule has 1 aromatic heterocycles. The van der Waals surface area contributed by atoms with Gasteiger partial charge in [0.15, 0.2) is 0 Å². The predicted molar refractivity (Wildman–Crippen MR) is 57.5 cm³/mol. The molecular weight excluding hydrogens is 194 g/mol. The largest absolute Gasteiger partial charge is 0.392 e. The first-order valence-corrected chi connectivity index (χ1v) is 4.66. The minimum atomic E-state index is -0.125. The van der Waals surface area contributed by atoms with Gasteiger partial charge in [0.25, 0.3) is 0 Å². The maximum absolute atomic E-state index is 11.6. The summed E-state index contributed by atoms with van der Waals surface area (Å²) in [5.74, 6) is 0.408. The van der Waals surface area contributed by atoms with E-state index in [1.54, 1.807) is 32.4 Å². The molecule has 0 aliphatic heterocycles. The van der Waals surface area contributed by atoms with E-state index in [2.05, 4.69) is 10.3 Å². The van der Waals surface area contributed by atoms with E-state index in [1.165, 1.54) is 4.90 Å². The molecule has 15 heavy (non-hydrogen) atoms. The van der Waals surface area contributed by atoms with E-state index in [0.29, 0.717) is 11.4 Å². The van der Waals surface area contributed by atoms with Crippen molar-refractivity contribution in [3.8, 4) is 0 Å². The van der Waals surface area contributed by atoms with E-state index in [1.807, 2.05) is 0 Å². The zero-order chi connectivity index (χ0) is 11.3. The van der Waals surface area contributed by atoms with Crippen LogP contribution in [0.2, 0.25) is 0 Å². The Morgan fingerprint density at radius 3 is 3.00 bits per heavy atom. The molecule has 1 heterocycles. The first kappa shape index (κ1) is 11.6. The Kier molecular flexibility index (Phi) is 4.20. The highest BCUT2D eigenvalue weighted by molar-refractivity contribution is 5.93. The zero-order valence-electron chi connectivity index (χ0n) is 8.90. The van der Waals surface area contributed by atoms with Crippen LogP contribution in [0.3, 0.4) is 0 Å². The number of aliphatic hydroxyl groups is 1. The Hall–Kier alpha value is -1.46. The van der Waals surface area contributed by atoms with E-state index in [9.17, 15) is 4.79 Å². The van der Waals surface area contributed by atoms with Crippen molar-refractivity contribution < 1.29 is 9.90 Å². The molecule has 0 saturated carbocycles. The molecule has 2 N–H and O–H groups in total. The van der Waals surface area contributed by atoms with Crippen molar-refractivity contribution in [2.75, 3.05) is 25.5 Å². The smallest absolute Gasteiger partial charge is 0.241 e. The van der Waals surface area contributed by atoms with Gasteiger partial charge >= 0.3 is 0 Å². The minimum absolute atomic E-state index is 0.0918. The second-order valence-corrected chi connectivity index (χ2v) is 3.13. The molecule has 1 amide bonds. The van der Waals surface area contributed by atoms with Crippen molar-refractivity contribution in [1.29, 1.82) is 0 Å². The average molecular weight is 209 g/mol. The van der Waals surface area contributed by atoms with Crippen LogP contribution in [0.5, 0.6) is 0 Å². The molecule has 5 nitrogen and oxygen atoms in total. The topological polar surface area (TPSA) is 65.5 Å². The van der Waals surface area contributed by atoms with Crippen molar-refractivity contribution in [3.63, 3.8) is 0 Å². The number of carbonyl (C=O) groups is 1. The van der Waals surface area contributed by atoms with Crippen LogP contribution in [0.15, 0.2) is 18.3 Å². The van der Waals surface area contributed by atoms with Gasteiger partial charge in [0, 0.05) is 18.8 Å². The van der Waals surface area contributed by atoms with Gasteiger partial charge in [-0.15, -0.1) is 0 Å². The van der Waals surface area contributed by atoms with Crippen molar-refractivity contribution >= 4 is 11.7 Å². The number of carbonyl (C=O) groups excluding carboxylic acids is 1.